The molecule has 0 saturated heterocycles. The molecule has 3 N–H and O–H groups in total. The molecule has 2 rings (SSSR count). The summed E-state index contributed by atoms with van der Waals surface area (Å²) in [5.41, 5.74) is 7.64. The van der Waals surface area contributed by atoms with Crippen LogP contribution in [0.1, 0.15) is 44.6 Å². The van der Waals surface area contributed by atoms with Gasteiger partial charge in [-0.2, -0.15) is 0 Å². The summed E-state index contributed by atoms with van der Waals surface area (Å²) < 4.78 is 0. The molecule has 1 aliphatic carbocycles. The molecule has 19 heavy (non-hydrogen) atoms. The Morgan fingerprint density at radius 3 is 2.32 bits per heavy atom. The Morgan fingerprint density at radius 1 is 1.21 bits per heavy atom. The minimum Gasteiger partial charge on any atom is -0.324 e. The Hall–Kier alpha value is -1.06. The Kier molecular flexibility index (Phi) is 5.83. The van der Waals surface area contributed by atoms with Crippen molar-refractivity contribution in [2.24, 2.45) is 5.73 Å². The maximum atomic E-state index is 12.2. The second kappa shape index (κ2) is 6.92. The van der Waals surface area contributed by atoms with Gasteiger partial charge in [0.15, 0.2) is 0 Å². The predicted octanol–water partition coefficient (Wildman–Crippen LogP) is 3.27. The quantitative estimate of drug-likeness (QED) is 0.894. The number of nitrogens with one attached hydrogen (secondary N) is 1. The zero-order chi connectivity index (χ0) is 13.0. The van der Waals surface area contributed by atoms with Crippen molar-refractivity contribution in [3.8, 4) is 0 Å². The molecule has 1 aromatic carbocycles. The number of aryl methyl sites for hydroxylation is 1. The van der Waals surface area contributed by atoms with Gasteiger partial charge in [0, 0.05) is 5.69 Å². The second-order valence-corrected chi connectivity index (χ2v) is 5.22. The van der Waals surface area contributed by atoms with Crippen LogP contribution in [0.2, 0.25) is 0 Å². The number of rotatable bonds is 3. The number of benzene rings is 1. The third kappa shape index (κ3) is 3.95. The monoisotopic (exact) mass is 282 g/mol. The molecular formula is C15H23ClN2O. The van der Waals surface area contributed by atoms with E-state index in [0.29, 0.717) is 0 Å². The van der Waals surface area contributed by atoms with Gasteiger partial charge >= 0.3 is 0 Å². The summed E-state index contributed by atoms with van der Waals surface area (Å²) in [4.78, 5) is 12.2. The minimum absolute atomic E-state index is 0. The maximum Gasteiger partial charge on any atom is 0.244 e. The van der Waals surface area contributed by atoms with Gasteiger partial charge in [-0.05, 0) is 37.0 Å². The molecule has 0 bridgehead atoms. The number of carbonyl (C=O) groups excluding carboxylic acids is 1. The molecule has 0 radical (unpaired) electrons. The lowest BCUT2D eigenvalue weighted by Gasteiger charge is -2.31. The first kappa shape index (κ1) is 16.0. The average Bonchev–Trinajstić information content (AvgIpc) is 2.40. The van der Waals surface area contributed by atoms with Crippen molar-refractivity contribution in [3.05, 3.63) is 29.8 Å². The van der Waals surface area contributed by atoms with Gasteiger partial charge in [-0.1, -0.05) is 38.3 Å². The smallest absolute Gasteiger partial charge is 0.244 e. The summed E-state index contributed by atoms with van der Waals surface area (Å²) in [7, 11) is 0. The topological polar surface area (TPSA) is 55.1 Å². The summed E-state index contributed by atoms with van der Waals surface area (Å²) in [6, 6.07) is 7.98. The van der Waals surface area contributed by atoms with Crippen LogP contribution in [0.5, 0.6) is 0 Å². The highest BCUT2D eigenvalue weighted by molar-refractivity contribution is 5.98. The number of amides is 1. The van der Waals surface area contributed by atoms with Crippen LogP contribution in [-0.2, 0) is 11.2 Å². The summed E-state index contributed by atoms with van der Waals surface area (Å²) >= 11 is 0. The molecule has 4 heteroatoms. The Balaban J connectivity index is 0.00000180. The highest BCUT2D eigenvalue weighted by Gasteiger charge is 2.35. The van der Waals surface area contributed by atoms with Gasteiger partial charge < -0.3 is 11.1 Å². The predicted molar refractivity (Wildman–Crippen MR) is 81.7 cm³/mol. The molecule has 0 aromatic heterocycles. The summed E-state index contributed by atoms with van der Waals surface area (Å²) in [5.74, 6) is -0.0357. The third-order valence-corrected chi connectivity index (χ3v) is 3.82. The normalized spacial score (nSPS) is 17.4. The van der Waals surface area contributed by atoms with E-state index < -0.39 is 5.54 Å². The molecule has 1 fully saturated rings. The molecule has 1 amide bonds. The molecule has 106 valence electrons. The highest BCUT2D eigenvalue weighted by Crippen LogP contribution is 2.27. The fourth-order valence-corrected chi connectivity index (χ4v) is 2.49. The van der Waals surface area contributed by atoms with Crippen LogP contribution in [0.3, 0.4) is 0 Å². The zero-order valence-electron chi connectivity index (χ0n) is 11.4. The van der Waals surface area contributed by atoms with E-state index in [2.05, 4.69) is 12.2 Å². The van der Waals surface area contributed by atoms with E-state index in [4.69, 9.17) is 5.73 Å². The lowest BCUT2D eigenvalue weighted by Crippen LogP contribution is -2.52. The van der Waals surface area contributed by atoms with Crippen molar-refractivity contribution in [2.75, 3.05) is 5.32 Å². The fraction of sp³-hybridized carbons (Fsp3) is 0.533. The van der Waals surface area contributed by atoms with Gasteiger partial charge in [0.2, 0.25) is 5.91 Å². The molecule has 3 nitrogen and oxygen atoms in total. The average molecular weight is 283 g/mol. The molecule has 1 aromatic rings. The first-order valence-electron chi connectivity index (χ1n) is 6.83. The molecule has 0 aliphatic heterocycles. The molecule has 1 aliphatic rings. The maximum absolute atomic E-state index is 12.2. The molecule has 1 saturated carbocycles. The van der Waals surface area contributed by atoms with Gasteiger partial charge in [-0.25, -0.2) is 0 Å². The standard InChI is InChI=1S/C15H22N2O.ClH/c1-2-12-6-8-13(9-7-12)17-14(18)15(16)10-4-3-5-11-15;/h6-9H,2-5,10-11,16H2,1H3,(H,17,18);1H. The first-order chi connectivity index (χ1) is 8.64. The number of hydrogen-bond donors (Lipinski definition) is 2. The highest BCUT2D eigenvalue weighted by atomic mass is 35.5. The van der Waals surface area contributed by atoms with Crippen LogP contribution < -0.4 is 11.1 Å². The van der Waals surface area contributed by atoms with Gasteiger partial charge in [0.05, 0.1) is 5.54 Å². The molecule has 0 spiro atoms. The lowest BCUT2D eigenvalue weighted by atomic mass is 9.82. The van der Waals surface area contributed by atoms with Crippen molar-refractivity contribution in [1.29, 1.82) is 0 Å². The number of halogens is 1. The lowest BCUT2D eigenvalue weighted by molar-refractivity contribution is -0.122. The van der Waals surface area contributed by atoms with Crippen molar-refractivity contribution >= 4 is 24.0 Å². The van der Waals surface area contributed by atoms with Crippen LogP contribution in [0.25, 0.3) is 0 Å². The van der Waals surface area contributed by atoms with E-state index in [-0.39, 0.29) is 18.3 Å². The van der Waals surface area contributed by atoms with Crippen molar-refractivity contribution in [3.63, 3.8) is 0 Å². The van der Waals surface area contributed by atoms with Crippen molar-refractivity contribution in [2.45, 2.75) is 51.0 Å². The third-order valence-electron chi connectivity index (χ3n) is 3.82. The van der Waals surface area contributed by atoms with Crippen LogP contribution in [-0.4, -0.2) is 11.4 Å². The number of hydrogen-bond acceptors (Lipinski definition) is 2. The molecule has 0 atom stereocenters. The first-order valence-corrected chi connectivity index (χ1v) is 6.83. The molecular weight excluding hydrogens is 260 g/mol. The van der Waals surface area contributed by atoms with E-state index in [0.717, 1.165) is 37.8 Å². The molecule has 0 unspecified atom stereocenters. The Bertz CT molecular complexity index is 411. The van der Waals surface area contributed by atoms with Gasteiger partial charge in [0.1, 0.15) is 0 Å². The largest absolute Gasteiger partial charge is 0.324 e. The van der Waals surface area contributed by atoms with E-state index in [9.17, 15) is 4.79 Å². The number of carbonyl (C=O) groups is 1. The SMILES string of the molecule is CCc1ccc(NC(=O)C2(N)CCCCC2)cc1.Cl. The molecule has 0 heterocycles. The van der Waals surface area contributed by atoms with Crippen molar-refractivity contribution < 1.29 is 4.79 Å². The van der Waals surface area contributed by atoms with Gasteiger partial charge in [-0.3, -0.25) is 4.79 Å². The van der Waals surface area contributed by atoms with E-state index >= 15 is 0 Å². The summed E-state index contributed by atoms with van der Waals surface area (Å²) in [6.45, 7) is 2.12. The fourth-order valence-electron chi connectivity index (χ4n) is 2.49. The Morgan fingerprint density at radius 2 is 1.79 bits per heavy atom. The van der Waals surface area contributed by atoms with E-state index in [1.165, 1.54) is 12.0 Å². The van der Waals surface area contributed by atoms with Crippen molar-refractivity contribution in [1.82, 2.24) is 0 Å². The van der Waals surface area contributed by atoms with Crippen LogP contribution in [0.4, 0.5) is 5.69 Å². The summed E-state index contributed by atoms with van der Waals surface area (Å²) in [6.07, 6.45) is 5.90. The van der Waals surface area contributed by atoms with Gasteiger partial charge in [0.25, 0.3) is 0 Å². The van der Waals surface area contributed by atoms with E-state index in [1.807, 2.05) is 24.3 Å². The zero-order valence-corrected chi connectivity index (χ0v) is 12.3. The summed E-state index contributed by atoms with van der Waals surface area (Å²) in [5, 5.41) is 2.94. The minimum atomic E-state index is -0.665. The Labute approximate surface area is 121 Å². The van der Waals surface area contributed by atoms with Crippen LogP contribution in [0, 0.1) is 0 Å². The number of nitrogens with two attached hydrogens (primary N) is 1. The number of anilines is 1. The van der Waals surface area contributed by atoms with Crippen LogP contribution in [0.15, 0.2) is 24.3 Å². The van der Waals surface area contributed by atoms with Gasteiger partial charge in [-0.15, -0.1) is 12.4 Å². The second-order valence-electron chi connectivity index (χ2n) is 5.22. The van der Waals surface area contributed by atoms with Crippen LogP contribution >= 0.6 is 12.4 Å². The van der Waals surface area contributed by atoms with E-state index in [1.54, 1.807) is 0 Å².